The van der Waals surface area contributed by atoms with Gasteiger partial charge in [-0.25, -0.2) is 0 Å². The van der Waals surface area contributed by atoms with Crippen LogP contribution in [0.15, 0.2) is 6.07 Å². The van der Waals surface area contributed by atoms with Crippen molar-refractivity contribution in [2.45, 2.75) is 13.8 Å². The van der Waals surface area contributed by atoms with E-state index in [2.05, 4.69) is 10.4 Å². The lowest BCUT2D eigenvalue weighted by molar-refractivity contribution is -0.118. The van der Waals surface area contributed by atoms with E-state index in [-0.39, 0.29) is 11.8 Å². The SMILES string of the molecule is CC(C)C(=O)Nc1cc(N)n(C)n1. The third-order valence-electron chi connectivity index (χ3n) is 1.69. The second kappa shape index (κ2) is 3.47. The predicted molar refractivity (Wildman–Crippen MR) is 51.1 cm³/mol. The van der Waals surface area contributed by atoms with E-state index in [4.69, 9.17) is 5.73 Å². The molecule has 0 aromatic carbocycles. The van der Waals surface area contributed by atoms with Gasteiger partial charge in [0.15, 0.2) is 5.82 Å². The molecule has 3 N–H and O–H groups in total. The minimum absolute atomic E-state index is 0.0526. The van der Waals surface area contributed by atoms with Gasteiger partial charge in [-0.05, 0) is 0 Å². The van der Waals surface area contributed by atoms with Gasteiger partial charge in [-0.15, -0.1) is 0 Å². The summed E-state index contributed by atoms with van der Waals surface area (Å²) in [6.45, 7) is 3.64. The van der Waals surface area contributed by atoms with Gasteiger partial charge in [-0.1, -0.05) is 13.8 Å². The van der Waals surface area contributed by atoms with Gasteiger partial charge in [-0.3, -0.25) is 9.48 Å². The summed E-state index contributed by atoms with van der Waals surface area (Å²) in [6, 6.07) is 1.63. The predicted octanol–water partition coefficient (Wildman–Crippen LogP) is 0.597. The normalized spacial score (nSPS) is 10.5. The number of nitrogens with zero attached hydrogens (tertiary/aromatic N) is 2. The molecule has 0 radical (unpaired) electrons. The highest BCUT2D eigenvalue weighted by molar-refractivity contribution is 5.91. The molecule has 1 heterocycles. The number of anilines is 2. The Morgan fingerprint density at radius 2 is 2.31 bits per heavy atom. The summed E-state index contributed by atoms with van der Waals surface area (Å²) >= 11 is 0. The van der Waals surface area contributed by atoms with Crippen LogP contribution in [0.1, 0.15) is 13.8 Å². The fourth-order valence-electron chi connectivity index (χ4n) is 0.813. The van der Waals surface area contributed by atoms with Crippen LogP contribution in [0.3, 0.4) is 0 Å². The van der Waals surface area contributed by atoms with Crippen LogP contribution in [-0.4, -0.2) is 15.7 Å². The lowest BCUT2D eigenvalue weighted by atomic mass is 10.2. The Bertz CT molecular complexity index is 296. The number of aromatic nitrogens is 2. The molecule has 72 valence electrons. The molecule has 1 amide bonds. The lowest BCUT2D eigenvalue weighted by Crippen LogP contribution is -2.18. The van der Waals surface area contributed by atoms with Gasteiger partial charge in [0, 0.05) is 19.0 Å². The summed E-state index contributed by atoms with van der Waals surface area (Å²) in [5, 5.41) is 6.64. The number of hydrogen-bond acceptors (Lipinski definition) is 3. The van der Waals surface area contributed by atoms with Gasteiger partial charge < -0.3 is 11.1 Å². The van der Waals surface area contributed by atoms with Crippen molar-refractivity contribution in [3.05, 3.63) is 6.07 Å². The van der Waals surface area contributed by atoms with Crippen LogP contribution < -0.4 is 11.1 Å². The molecule has 0 unspecified atom stereocenters. The fraction of sp³-hybridized carbons (Fsp3) is 0.500. The number of amides is 1. The molecular formula is C8H14N4O. The molecule has 0 aliphatic carbocycles. The zero-order valence-corrected chi connectivity index (χ0v) is 8.03. The number of nitrogens with two attached hydrogens (primary N) is 1. The summed E-state index contributed by atoms with van der Waals surface area (Å²) in [7, 11) is 1.72. The molecular weight excluding hydrogens is 168 g/mol. The molecule has 0 spiro atoms. The summed E-state index contributed by atoms with van der Waals surface area (Å²) < 4.78 is 1.51. The second-order valence-corrected chi connectivity index (χ2v) is 3.22. The van der Waals surface area contributed by atoms with Crippen molar-refractivity contribution >= 4 is 17.5 Å². The zero-order valence-electron chi connectivity index (χ0n) is 8.03. The third kappa shape index (κ3) is 2.21. The monoisotopic (exact) mass is 182 g/mol. The van der Waals surface area contributed by atoms with E-state index in [0.717, 1.165) is 0 Å². The van der Waals surface area contributed by atoms with Gasteiger partial charge in [0.25, 0.3) is 0 Å². The Hall–Kier alpha value is -1.52. The molecule has 1 rings (SSSR count). The largest absolute Gasteiger partial charge is 0.384 e. The molecule has 0 saturated heterocycles. The van der Waals surface area contributed by atoms with Crippen LogP contribution >= 0.6 is 0 Å². The highest BCUT2D eigenvalue weighted by atomic mass is 16.1. The first-order valence-electron chi connectivity index (χ1n) is 4.11. The lowest BCUT2D eigenvalue weighted by Gasteiger charge is -2.03. The molecule has 1 aromatic rings. The Morgan fingerprint density at radius 3 is 2.69 bits per heavy atom. The van der Waals surface area contributed by atoms with Crippen molar-refractivity contribution in [1.29, 1.82) is 0 Å². The maximum Gasteiger partial charge on any atom is 0.228 e. The van der Waals surface area contributed by atoms with Crippen LogP contribution in [-0.2, 0) is 11.8 Å². The van der Waals surface area contributed by atoms with Crippen LogP contribution in [0.25, 0.3) is 0 Å². The van der Waals surface area contributed by atoms with Crippen molar-refractivity contribution in [3.63, 3.8) is 0 Å². The Labute approximate surface area is 76.9 Å². The smallest absolute Gasteiger partial charge is 0.228 e. The Balaban J connectivity index is 2.70. The van der Waals surface area contributed by atoms with E-state index in [1.807, 2.05) is 13.8 Å². The van der Waals surface area contributed by atoms with Gasteiger partial charge in [-0.2, -0.15) is 5.10 Å². The van der Waals surface area contributed by atoms with Crippen LogP contribution in [0.2, 0.25) is 0 Å². The number of hydrogen-bond donors (Lipinski definition) is 2. The molecule has 5 nitrogen and oxygen atoms in total. The maximum atomic E-state index is 11.2. The van der Waals surface area contributed by atoms with E-state index in [1.165, 1.54) is 4.68 Å². The van der Waals surface area contributed by atoms with E-state index < -0.39 is 0 Å². The Morgan fingerprint density at radius 1 is 1.69 bits per heavy atom. The van der Waals surface area contributed by atoms with Crippen molar-refractivity contribution in [2.75, 3.05) is 11.1 Å². The van der Waals surface area contributed by atoms with Gasteiger partial charge in [0.2, 0.25) is 5.91 Å². The van der Waals surface area contributed by atoms with E-state index in [1.54, 1.807) is 13.1 Å². The fourth-order valence-corrected chi connectivity index (χ4v) is 0.813. The minimum Gasteiger partial charge on any atom is -0.384 e. The standard InChI is InChI=1S/C8H14N4O/c1-5(2)8(13)10-7-4-6(9)12(3)11-7/h4-5H,9H2,1-3H3,(H,10,11,13). The quantitative estimate of drug-likeness (QED) is 0.703. The molecule has 0 bridgehead atoms. The van der Waals surface area contributed by atoms with E-state index in [0.29, 0.717) is 11.6 Å². The number of rotatable bonds is 2. The molecule has 5 heteroatoms. The van der Waals surface area contributed by atoms with Crippen LogP contribution in [0, 0.1) is 5.92 Å². The Kier molecular flexibility index (Phi) is 2.55. The topological polar surface area (TPSA) is 72.9 Å². The molecule has 0 saturated carbocycles. The average Bonchev–Trinajstić information content (AvgIpc) is 2.31. The molecule has 13 heavy (non-hydrogen) atoms. The second-order valence-electron chi connectivity index (χ2n) is 3.22. The van der Waals surface area contributed by atoms with E-state index >= 15 is 0 Å². The van der Waals surface area contributed by atoms with Gasteiger partial charge >= 0.3 is 0 Å². The molecule has 1 aromatic heterocycles. The molecule has 0 atom stereocenters. The zero-order chi connectivity index (χ0) is 10.0. The van der Waals surface area contributed by atoms with Crippen molar-refractivity contribution in [1.82, 2.24) is 9.78 Å². The molecule has 0 aliphatic rings. The summed E-state index contributed by atoms with van der Waals surface area (Å²) in [6.07, 6.45) is 0. The molecule has 0 fully saturated rings. The van der Waals surface area contributed by atoms with Crippen molar-refractivity contribution in [3.8, 4) is 0 Å². The van der Waals surface area contributed by atoms with Crippen LogP contribution in [0.4, 0.5) is 11.6 Å². The first kappa shape index (κ1) is 9.57. The first-order valence-corrected chi connectivity index (χ1v) is 4.11. The van der Waals surface area contributed by atoms with Gasteiger partial charge in [0.1, 0.15) is 5.82 Å². The van der Waals surface area contributed by atoms with E-state index in [9.17, 15) is 4.79 Å². The van der Waals surface area contributed by atoms with Crippen molar-refractivity contribution < 1.29 is 4.79 Å². The van der Waals surface area contributed by atoms with Gasteiger partial charge in [0.05, 0.1) is 0 Å². The highest BCUT2D eigenvalue weighted by Gasteiger charge is 2.09. The highest BCUT2D eigenvalue weighted by Crippen LogP contribution is 2.10. The minimum atomic E-state index is -0.0573. The van der Waals surface area contributed by atoms with Crippen molar-refractivity contribution in [2.24, 2.45) is 13.0 Å². The number of aryl methyl sites for hydroxylation is 1. The maximum absolute atomic E-state index is 11.2. The molecule has 0 aliphatic heterocycles. The third-order valence-corrected chi connectivity index (χ3v) is 1.69. The van der Waals surface area contributed by atoms with Crippen LogP contribution in [0.5, 0.6) is 0 Å². The summed E-state index contributed by atoms with van der Waals surface area (Å²) in [5.74, 6) is 0.916. The first-order chi connectivity index (χ1) is 6.00. The number of carbonyl (C=O) groups is 1. The number of nitrogens with one attached hydrogen (secondary N) is 1. The summed E-state index contributed by atoms with van der Waals surface area (Å²) in [4.78, 5) is 11.2. The number of nitrogen functional groups attached to an aromatic ring is 1. The number of carbonyl (C=O) groups excluding carboxylic acids is 1. The average molecular weight is 182 g/mol. The summed E-state index contributed by atoms with van der Waals surface area (Å²) in [5.41, 5.74) is 5.54.